The Bertz CT molecular complexity index is 1720. The van der Waals surface area contributed by atoms with E-state index in [2.05, 4.69) is 20.5 Å². The van der Waals surface area contributed by atoms with E-state index in [1.807, 2.05) is 105 Å². The number of carbonyl (C=O) groups is 2. The Kier molecular flexibility index (Phi) is 11.1. The Hall–Kier alpha value is -4.35. The van der Waals surface area contributed by atoms with Crippen LogP contribution in [0.25, 0.3) is 11.3 Å². The van der Waals surface area contributed by atoms with Gasteiger partial charge < -0.3 is 25.3 Å². The van der Waals surface area contributed by atoms with Gasteiger partial charge in [0.1, 0.15) is 17.6 Å². The summed E-state index contributed by atoms with van der Waals surface area (Å²) in [6.45, 7) is 8.39. The van der Waals surface area contributed by atoms with Crippen LogP contribution in [0.3, 0.4) is 0 Å². The molecular formula is C40H49N5O5. The molecule has 1 aliphatic heterocycles. The monoisotopic (exact) mass is 679 g/mol. The normalized spacial score (nSPS) is 20.9. The Balaban J connectivity index is 1.14. The van der Waals surface area contributed by atoms with Gasteiger partial charge in [-0.25, -0.2) is 0 Å². The molecule has 2 aromatic heterocycles. The lowest BCUT2D eigenvalue weighted by molar-refractivity contribution is -0.132. The highest BCUT2D eigenvalue weighted by Crippen LogP contribution is 2.32. The van der Waals surface area contributed by atoms with E-state index in [-0.39, 0.29) is 24.8 Å². The first-order valence-corrected chi connectivity index (χ1v) is 17.6. The second kappa shape index (κ2) is 15.7. The number of fused-ring (bicyclic) bond motifs is 1. The highest BCUT2D eigenvalue weighted by Gasteiger charge is 2.37. The van der Waals surface area contributed by atoms with Crippen LogP contribution in [0.2, 0.25) is 0 Å². The Morgan fingerprint density at radius 2 is 1.72 bits per heavy atom. The van der Waals surface area contributed by atoms with Crippen molar-refractivity contribution in [2.75, 3.05) is 26.2 Å². The largest absolute Gasteiger partial charge is 0.460 e. The van der Waals surface area contributed by atoms with Gasteiger partial charge in [0.15, 0.2) is 0 Å². The molecule has 0 spiro atoms. The zero-order valence-electron chi connectivity index (χ0n) is 29.2. The predicted molar refractivity (Wildman–Crippen MR) is 192 cm³/mol. The molecule has 2 amide bonds. The standard InChI is InChI=1S/C40H49N5O5/c1-40(2,3)43-39(49)34-26-44(25-32-13-14-36(50-32)28-15-17-41-18-16-28)19-20-45(34)24-31(46)22-30(21-27-9-5-4-6-10-27)38(48)42-37-33-12-8-7-11-29(33)23-35(37)47/h4-18,30-31,34-35,37,46-47H,19-26H2,1-3H3,(H,42,48)(H,43,49)/t30-,31+,34+,35-,37+/m1/s1. The average Bonchev–Trinajstić information content (AvgIpc) is 3.69. The van der Waals surface area contributed by atoms with Crippen molar-refractivity contribution in [2.24, 2.45) is 5.92 Å². The summed E-state index contributed by atoms with van der Waals surface area (Å²) in [5, 5.41) is 28.7. The fourth-order valence-electron chi connectivity index (χ4n) is 7.17. The molecule has 4 N–H and O–H groups in total. The van der Waals surface area contributed by atoms with Gasteiger partial charge >= 0.3 is 0 Å². The fourth-order valence-corrected chi connectivity index (χ4v) is 7.17. The minimum atomic E-state index is -0.861. The van der Waals surface area contributed by atoms with Crippen LogP contribution in [0.15, 0.2) is 95.7 Å². The van der Waals surface area contributed by atoms with Crippen LogP contribution in [0.1, 0.15) is 55.7 Å². The predicted octanol–water partition coefficient (Wildman–Crippen LogP) is 4.13. The molecule has 1 aliphatic carbocycles. The zero-order valence-corrected chi connectivity index (χ0v) is 29.2. The number of nitrogens with zero attached hydrogens (tertiary/aromatic N) is 3. The summed E-state index contributed by atoms with van der Waals surface area (Å²) in [6.07, 6.45) is 3.05. The van der Waals surface area contributed by atoms with Gasteiger partial charge in [-0.1, -0.05) is 54.6 Å². The third kappa shape index (κ3) is 9.05. The third-order valence-corrected chi connectivity index (χ3v) is 9.58. The number of rotatable bonds is 12. The van der Waals surface area contributed by atoms with Crippen LogP contribution >= 0.6 is 0 Å². The van der Waals surface area contributed by atoms with Crippen molar-refractivity contribution in [1.29, 1.82) is 0 Å². The summed E-state index contributed by atoms with van der Waals surface area (Å²) < 4.78 is 6.15. The smallest absolute Gasteiger partial charge is 0.239 e. The highest BCUT2D eigenvalue weighted by molar-refractivity contribution is 5.83. The molecule has 0 bridgehead atoms. The number of aliphatic hydroxyl groups is 2. The van der Waals surface area contributed by atoms with Crippen molar-refractivity contribution >= 4 is 11.8 Å². The van der Waals surface area contributed by atoms with Gasteiger partial charge in [0, 0.05) is 62.0 Å². The molecule has 1 saturated heterocycles. The number of hydrogen-bond acceptors (Lipinski definition) is 8. The van der Waals surface area contributed by atoms with Crippen LogP contribution in [0.4, 0.5) is 0 Å². The van der Waals surface area contributed by atoms with E-state index < -0.39 is 35.7 Å². The molecule has 10 heteroatoms. The molecule has 3 heterocycles. The van der Waals surface area contributed by atoms with Crippen molar-refractivity contribution in [1.82, 2.24) is 25.4 Å². The molecule has 2 aliphatic rings. The van der Waals surface area contributed by atoms with Gasteiger partial charge in [-0.3, -0.25) is 24.4 Å². The number of carbonyl (C=O) groups excluding carboxylic acids is 2. The van der Waals surface area contributed by atoms with E-state index in [4.69, 9.17) is 4.42 Å². The van der Waals surface area contributed by atoms with Crippen LogP contribution in [0.5, 0.6) is 0 Å². The maximum Gasteiger partial charge on any atom is 0.239 e. The summed E-state index contributed by atoms with van der Waals surface area (Å²) in [6, 6.07) is 24.3. The number of hydrogen-bond donors (Lipinski definition) is 4. The van der Waals surface area contributed by atoms with E-state index in [1.54, 1.807) is 12.4 Å². The molecule has 4 aromatic rings. The van der Waals surface area contributed by atoms with E-state index in [0.717, 1.165) is 33.8 Å². The number of piperazine rings is 1. The number of nitrogens with one attached hydrogen (secondary N) is 2. The molecule has 0 radical (unpaired) electrons. The topological polar surface area (TPSA) is 131 Å². The lowest BCUT2D eigenvalue weighted by Crippen LogP contribution is -2.61. The summed E-state index contributed by atoms with van der Waals surface area (Å²) in [7, 11) is 0. The minimum Gasteiger partial charge on any atom is -0.460 e. The zero-order chi connectivity index (χ0) is 35.3. The number of pyridine rings is 1. The lowest BCUT2D eigenvalue weighted by Gasteiger charge is -2.42. The first-order chi connectivity index (χ1) is 24.0. The van der Waals surface area contributed by atoms with Crippen LogP contribution in [-0.2, 0) is 29.0 Å². The van der Waals surface area contributed by atoms with Crippen LogP contribution in [-0.4, -0.2) is 86.8 Å². The summed E-state index contributed by atoms with van der Waals surface area (Å²) in [5.41, 5.74) is 3.49. The van der Waals surface area contributed by atoms with Crippen LogP contribution in [0, 0.1) is 5.92 Å². The van der Waals surface area contributed by atoms with Gasteiger partial charge in [-0.05, 0) is 74.6 Å². The second-order valence-electron chi connectivity index (χ2n) is 14.7. The van der Waals surface area contributed by atoms with Crippen molar-refractivity contribution in [3.05, 3.63) is 114 Å². The van der Waals surface area contributed by atoms with Crippen molar-refractivity contribution < 1.29 is 24.2 Å². The lowest BCUT2D eigenvalue weighted by atomic mass is 9.91. The van der Waals surface area contributed by atoms with Gasteiger partial charge in [0.2, 0.25) is 11.8 Å². The third-order valence-electron chi connectivity index (χ3n) is 9.58. The van der Waals surface area contributed by atoms with Crippen molar-refractivity contribution in [3.63, 3.8) is 0 Å². The highest BCUT2D eigenvalue weighted by atomic mass is 16.3. The number of benzene rings is 2. The maximum absolute atomic E-state index is 13.9. The fraction of sp³-hybridized carbons (Fsp3) is 0.425. The molecule has 2 aromatic carbocycles. The molecule has 10 nitrogen and oxygen atoms in total. The number of furan rings is 1. The molecule has 0 unspecified atom stereocenters. The molecule has 5 atom stereocenters. The van der Waals surface area contributed by atoms with E-state index >= 15 is 0 Å². The van der Waals surface area contributed by atoms with Gasteiger partial charge in [-0.15, -0.1) is 0 Å². The second-order valence-corrected chi connectivity index (χ2v) is 14.7. The molecule has 1 fully saturated rings. The van der Waals surface area contributed by atoms with Gasteiger partial charge in [0.25, 0.3) is 0 Å². The van der Waals surface area contributed by atoms with E-state index in [1.165, 1.54) is 0 Å². The van der Waals surface area contributed by atoms with Crippen molar-refractivity contribution in [2.45, 2.75) is 76.4 Å². The van der Waals surface area contributed by atoms with Gasteiger partial charge in [-0.2, -0.15) is 0 Å². The molecule has 50 heavy (non-hydrogen) atoms. The number of aromatic nitrogens is 1. The number of aliphatic hydroxyl groups excluding tert-OH is 2. The molecular weight excluding hydrogens is 630 g/mol. The quantitative estimate of drug-likeness (QED) is 0.176. The van der Waals surface area contributed by atoms with Crippen molar-refractivity contribution in [3.8, 4) is 11.3 Å². The first kappa shape index (κ1) is 35.5. The number of β-amino-alcohol motifs (C(OH)–C–C–N with tert-alkyl or cyclic N) is 1. The molecule has 264 valence electrons. The first-order valence-electron chi connectivity index (χ1n) is 17.6. The Morgan fingerprint density at radius 1 is 0.980 bits per heavy atom. The number of amides is 2. The Labute approximate surface area is 294 Å². The average molecular weight is 680 g/mol. The summed E-state index contributed by atoms with van der Waals surface area (Å²) in [4.78, 5) is 35.9. The minimum absolute atomic E-state index is 0.0983. The SMILES string of the molecule is CC(C)(C)NC(=O)[C@@H]1CN(Cc2ccc(-c3ccncc3)o2)CCN1C[C@@H](O)C[C@@H](Cc1ccccc1)C(=O)N[C@H]1c2ccccc2C[C@H]1O. The molecule has 0 saturated carbocycles. The van der Waals surface area contributed by atoms with E-state index in [0.29, 0.717) is 39.0 Å². The van der Waals surface area contributed by atoms with E-state index in [9.17, 15) is 19.8 Å². The summed E-state index contributed by atoms with van der Waals surface area (Å²) >= 11 is 0. The summed E-state index contributed by atoms with van der Waals surface area (Å²) in [5.74, 6) is 0.741. The molecule has 6 rings (SSSR count). The van der Waals surface area contributed by atoms with Crippen LogP contribution < -0.4 is 10.6 Å². The Morgan fingerprint density at radius 3 is 2.48 bits per heavy atom. The van der Waals surface area contributed by atoms with Gasteiger partial charge in [0.05, 0.1) is 24.8 Å². The maximum atomic E-state index is 13.9.